The Morgan fingerprint density at radius 1 is 1.33 bits per heavy atom. The monoisotopic (exact) mass is 282 g/mol. The standard InChI is InChI=1S/C14H22N2S2/c1-10-8-9-13(18-10)11(2)15-14(17)16-12-6-4-3-5-7-12/h8-9,11-12H,3-7H2,1-2H3,(H2,15,16,17). The Balaban J connectivity index is 1.79. The zero-order chi connectivity index (χ0) is 13.0. The number of aryl methyl sites for hydroxylation is 1. The maximum Gasteiger partial charge on any atom is 0.167 e. The Labute approximate surface area is 119 Å². The molecular formula is C14H22N2S2. The van der Waals surface area contributed by atoms with Crippen LogP contribution in [0.4, 0.5) is 0 Å². The van der Waals surface area contributed by atoms with Crippen LogP contribution in [0.2, 0.25) is 0 Å². The second kappa shape index (κ2) is 6.53. The van der Waals surface area contributed by atoms with Crippen LogP contribution in [-0.4, -0.2) is 11.2 Å². The molecule has 0 bridgehead atoms. The molecule has 1 heterocycles. The highest BCUT2D eigenvalue weighted by molar-refractivity contribution is 7.80. The van der Waals surface area contributed by atoms with E-state index in [9.17, 15) is 0 Å². The van der Waals surface area contributed by atoms with Crippen molar-refractivity contribution < 1.29 is 0 Å². The SMILES string of the molecule is Cc1ccc(C(C)NC(=S)NC2CCCCC2)s1. The molecule has 2 rings (SSSR count). The Kier molecular flexibility index (Phi) is 5.01. The van der Waals surface area contributed by atoms with Gasteiger partial charge in [0, 0.05) is 15.8 Å². The van der Waals surface area contributed by atoms with E-state index >= 15 is 0 Å². The van der Waals surface area contributed by atoms with Crippen LogP contribution >= 0.6 is 23.6 Å². The van der Waals surface area contributed by atoms with Crippen molar-refractivity contribution in [2.45, 2.75) is 58.0 Å². The van der Waals surface area contributed by atoms with Gasteiger partial charge in [0.1, 0.15) is 0 Å². The first-order valence-corrected chi connectivity index (χ1v) is 8.01. The van der Waals surface area contributed by atoms with Crippen molar-refractivity contribution in [2.24, 2.45) is 0 Å². The van der Waals surface area contributed by atoms with Crippen molar-refractivity contribution >= 4 is 28.7 Å². The summed E-state index contributed by atoms with van der Waals surface area (Å²) in [4.78, 5) is 2.70. The predicted octanol–water partition coefficient (Wildman–Crippen LogP) is 3.91. The minimum absolute atomic E-state index is 0.298. The Bertz CT molecular complexity index is 394. The van der Waals surface area contributed by atoms with Crippen molar-refractivity contribution in [1.82, 2.24) is 10.6 Å². The highest BCUT2D eigenvalue weighted by Gasteiger charge is 2.15. The maximum absolute atomic E-state index is 5.40. The van der Waals surface area contributed by atoms with Crippen molar-refractivity contribution in [3.05, 3.63) is 21.9 Å². The summed E-state index contributed by atoms with van der Waals surface area (Å²) in [5, 5.41) is 7.64. The fourth-order valence-corrected chi connectivity index (χ4v) is 3.65. The van der Waals surface area contributed by atoms with E-state index in [1.807, 2.05) is 11.3 Å². The van der Waals surface area contributed by atoms with Gasteiger partial charge in [0.25, 0.3) is 0 Å². The molecule has 1 unspecified atom stereocenters. The van der Waals surface area contributed by atoms with E-state index in [-0.39, 0.29) is 0 Å². The van der Waals surface area contributed by atoms with Crippen LogP contribution in [0, 0.1) is 6.92 Å². The fourth-order valence-electron chi connectivity index (χ4n) is 2.43. The Morgan fingerprint density at radius 3 is 2.67 bits per heavy atom. The topological polar surface area (TPSA) is 24.1 Å². The van der Waals surface area contributed by atoms with Crippen LogP contribution in [0.1, 0.15) is 54.8 Å². The Morgan fingerprint density at radius 2 is 2.06 bits per heavy atom. The molecule has 4 heteroatoms. The molecule has 1 atom stereocenters. The quantitative estimate of drug-likeness (QED) is 0.822. The molecular weight excluding hydrogens is 260 g/mol. The lowest BCUT2D eigenvalue weighted by atomic mass is 9.96. The number of hydrogen-bond donors (Lipinski definition) is 2. The summed E-state index contributed by atoms with van der Waals surface area (Å²) in [7, 11) is 0. The highest BCUT2D eigenvalue weighted by atomic mass is 32.1. The first-order valence-electron chi connectivity index (χ1n) is 6.78. The molecule has 0 radical (unpaired) electrons. The molecule has 0 saturated heterocycles. The highest BCUT2D eigenvalue weighted by Crippen LogP contribution is 2.22. The van der Waals surface area contributed by atoms with E-state index in [2.05, 4.69) is 36.6 Å². The van der Waals surface area contributed by atoms with Gasteiger partial charge < -0.3 is 10.6 Å². The van der Waals surface area contributed by atoms with Crippen molar-refractivity contribution in [1.29, 1.82) is 0 Å². The molecule has 0 aromatic carbocycles. The van der Waals surface area contributed by atoms with Crippen LogP contribution in [-0.2, 0) is 0 Å². The molecule has 0 aliphatic heterocycles. The number of thiocarbonyl (C=S) groups is 1. The van der Waals surface area contributed by atoms with Crippen molar-refractivity contribution in [3.63, 3.8) is 0 Å². The van der Waals surface area contributed by atoms with Crippen LogP contribution in [0.3, 0.4) is 0 Å². The molecule has 1 aromatic rings. The van der Waals surface area contributed by atoms with E-state index in [0.29, 0.717) is 12.1 Å². The minimum atomic E-state index is 0.298. The Hall–Kier alpha value is -0.610. The smallest absolute Gasteiger partial charge is 0.167 e. The minimum Gasteiger partial charge on any atom is -0.360 e. The summed E-state index contributed by atoms with van der Waals surface area (Å²) in [6, 6.07) is 5.22. The average Bonchev–Trinajstić information content (AvgIpc) is 2.77. The molecule has 1 fully saturated rings. The maximum atomic E-state index is 5.40. The van der Waals surface area contributed by atoms with Gasteiger partial charge in [-0.05, 0) is 51.0 Å². The van der Waals surface area contributed by atoms with Crippen LogP contribution < -0.4 is 10.6 Å². The zero-order valence-corrected chi connectivity index (χ0v) is 12.8. The van der Waals surface area contributed by atoms with Crippen LogP contribution in [0.25, 0.3) is 0 Å². The first-order chi connectivity index (χ1) is 8.65. The molecule has 0 spiro atoms. The van der Waals surface area contributed by atoms with Crippen LogP contribution in [0.5, 0.6) is 0 Å². The summed E-state index contributed by atoms with van der Waals surface area (Å²) >= 11 is 7.23. The van der Waals surface area contributed by atoms with E-state index in [0.717, 1.165) is 5.11 Å². The van der Waals surface area contributed by atoms with Gasteiger partial charge in [-0.2, -0.15) is 0 Å². The summed E-state index contributed by atoms with van der Waals surface area (Å²) < 4.78 is 0. The molecule has 1 aliphatic rings. The van der Waals surface area contributed by atoms with Gasteiger partial charge in [0.2, 0.25) is 0 Å². The van der Waals surface area contributed by atoms with Gasteiger partial charge in [-0.15, -0.1) is 11.3 Å². The second-order valence-electron chi connectivity index (χ2n) is 5.12. The molecule has 0 amide bonds. The molecule has 1 aliphatic carbocycles. The van der Waals surface area contributed by atoms with Crippen molar-refractivity contribution in [3.8, 4) is 0 Å². The average molecular weight is 282 g/mol. The fraction of sp³-hybridized carbons (Fsp3) is 0.643. The van der Waals surface area contributed by atoms with Gasteiger partial charge in [-0.25, -0.2) is 0 Å². The van der Waals surface area contributed by atoms with E-state index in [1.54, 1.807) is 0 Å². The third-order valence-electron chi connectivity index (χ3n) is 3.48. The lowest BCUT2D eigenvalue weighted by Gasteiger charge is -2.25. The van der Waals surface area contributed by atoms with Gasteiger partial charge >= 0.3 is 0 Å². The number of rotatable bonds is 3. The molecule has 100 valence electrons. The van der Waals surface area contributed by atoms with Gasteiger partial charge in [0.15, 0.2) is 5.11 Å². The molecule has 1 saturated carbocycles. The van der Waals surface area contributed by atoms with E-state index in [1.165, 1.54) is 41.9 Å². The van der Waals surface area contributed by atoms with Gasteiger partial charge in [-0.3, -0.25) is 0 Å². The van der Waals surface area contributed by atoms with Crippen LogP contribution in [0.15, 0.2) is 12.1 Å². The normalized spacial score (nSPS) is 18.3. The van der Waals surface area contributed by atoms with Crippen molar-refractivity contribution in [2.75, 3.05) is 0 Å². The zero-order valence-electron chi connectivity index (χ0n) is 11.2. The van der Waals surface area contributed by atoms with Gasteiger partial charge in [0.05, 0.1) is 6.04 Å². The van der Waals surface area contributed by atoms with E-state index in [4.69, 9.17) is 12.2 Å². The number of nitrogens with one attached hydrogen (secondary N) is 2. The predicted molar refractivity (Wildman–Crippen MR) is 83.2 cm³/mol. The lowest BCUT2D eigenvalue weighted by Crippen LogP contribution is -2.43. The summed E-state index contributed by atoms with van der Waals surface area (Å²) in [5.74, 6) is 0. The summed E-state index contributed by atoms with van der Waals surface area (Å²) in [5.41, 5.74) is 0. The summed E-state index contributed by atoms with van der Waals surface area (Å²) in [6.45, 7) is 4.31. The largest absolute Gasteiger partial charge is 0.360 e. The first kappa shape index (κ1) is 13.8. The summed E-state index contributed by atoms with van der Waals surface area (Å²) in [6.07, 6.45) is 6.56. The lowest BCUT2D eigenvalue weighted by molar-refractivity contribution is 0.411. The molecule has 2 nitrogen and oxygen atoms in total. The number of hydrogen-bond acceptors (Lipinski definition) is 2. The third-order valence-corrected chi connectivity index (χ3v) is 4.90. The molecule has 2 N–H and O–H groups in total. The second-order valence-corrected chi connectivity index (χ2v) is 6.85. The third kappa shape index (κ3) is 3.95. The molecule has 18 heavy (non-hydrogen) atoms. The van der Waals surface area contributed by atoms with E-state index < -0.39 is 0 Å². The molecule has 1 aromatic heterocycles. The number of thiophene rings is 1. The van der Waals surface area contributed by atoms with Gasteiger partial charge in [-0.1, -0.05) is 19.3 Å².